The molecule has 458 valence electrons. The zero-order chi connectivity index (χ0) is 61.6. The van der Waals surface area contributed by atoms with Crippen molar-refractivity contribution in [1.82, 2.24) is 0 Å². The highest BCUT2D eigenvalue weighted by molar-refractivity contribution is 5.90. The topological polar surface area (TPSA) is 462 Å². The van der Waals surface area contributed by atoms with Crippen molar-refractivity contribution in [3.05, 3.63) is 101 Å². The Morgan fingerprint density at radius 2 is 1.22 bits per heavy atom. The summed E-state index contributed by atoms with van der Waals surface area (Å²) in [5.74, 6) is -9.26. The smallest absolute Gasteiger partial charge is 0.331 e. The standard InChI is InChI=1S/C55H58O30/c1-74-34-12-23(13-35(75-2)44(34)68)5-10-41(65)84-51-43(67)31(61)19-78-54(51)85-52-48(72)46(70)38(20-76-40(64)9-4-22-3-7-27(57)29(59)11-22)83-55(52)81-36-17-26-32(79-50(36)24-6-8-28(58)30(60)14-24)15-25(56)16-33(26)80-53-49(73)47(71)45(69)37(82-53)21-77-42(66)18-39(62)63/h3-17,31,37-38,43,45-61,67-73H,18-21H2,1-2H3,(H,62,63)/b9-4+,10-5+/t31-,37-,38-,43+,45-,46-,47+,48+,49-,50?,51-,52-,53-,54+,55-/m1/s1. The van der Waals surface area contributed by atoms with E-state index in [0.29, 0.717) is 0 Å². The fourth-order valence-corrected chi connectivity index (χ4v) is 8.93. The number of hydrogen-bond donors (Lipinski definition) is 14. The molecule has 0 aliphatic carbocycles. The van der Waals surface area contributed by atoms with Gasteiger partial charge in [-0.3, -0.25) is 9.59 Å². The van der Waals surface area contributed by atoms with Crippen molar-refractivity contribution in [3.63, 3.8) is 0 Å². The second-order valence-electron chi connectivity index (χ2n) is 19.3. The van der Waals surface area contributed by atoms with E-state index in [0.717, 1.165) is 48.6 Å². The van der Waals surface area contributed by atoms with Gasteiger partial charge in [-0.05, 0) is 65.8 Å². The van der Waals surface area contributed by atoms with E-state index in [9.17, 15) is 85.6 Å². The van der Waals surface area contributed by atoms with E-state index in [1.165, 1.54) is 56.7 Å². The number of carboxylic acid groups (broad SMARTS) is 1. The average Bonchev–Trinajstić information content (AvgIpc) is 2.31. The largest absolute Gasteiger partial charge is 0.508 e. The Labute approximate surface area is 479 Å². The molecule has 4 aromatic rings. The van der Waals surface area contributed by atoms with E-state index in [4.69, 9.17) is 61.9 Å². The third kappa shape index (κ3) is 14.6. The van der Waals surface area contributed by atoms with Crippen LogP contribution >= 0.6 is 0 Å². The number of fused-ring (bicyclic) bond motifs is 1. The second kappa shape index (κ2) is 26.9. The maximum Gasteiger partial charge on any atom is 0.331 e. The molecule has 85 heavy (non-hydrogen) atoms. The predicted octanol–water partition coefficient (Wildman–Crippen LogP) is -0.575. The average molecular weight is 1200 g/mol. The van der Waals surface area contributed by atoms with Crippen molar-refractivity contribution in [2.24, 2.45) is 0 Å². The summed E-state index contributed by atoms with van der Waals surface area (Å²) in [6.45, 7) is -2.37. The van der Waals surface area contributed by atoms with Crippen LogP contribution < -0.4 is 18.9 Å². The van der Waals surface area contributed by atoms with E-state index >= 15 is 0 Å². The molecule has 3 saturated heterocycles. The molecule has 0 radical (unpaired) electrons. The molecule has 0 amide bonds. The molecule has 30 nitrogen and oxygen atoms in total. The number of aromatic hydroxyl groups is 6. The van der Waals surface area contributed by atoms with Gasteiger partial charge in [0.1, 0.15) is 97.6 Å². The third-order valence-corrected chi connectivity index (χ3v) is 13.4. The number of carboxylic acids is 1. The Kier molecular flexibility index (Phi) is 19.8. The van der Waals surface area contributed by atoms with Crippen LogP contribution in [0.2, 0.25) is 0 Å². The Balaban J connectivity index is 1.14. The molecule has 0 spiro atoms. The number of aliphatic carboxylic acids is 1. The number of carbonyl (C=O) groups is 4. The Bertz CT molecular complexity index is 3150. The second-order valence-corrected chi connectivity index (χ2v) is 19.3. The van der Waals surface area contributed by atoms with Crippen LogP contribution in [0.4, 0.5) is 0 Å². The minimum absolute atomic E-state index is 0.00790. The molecular weight excluding hydrogens is 1140 g/mol. The quantitative estimate of drug-likeness (QED) is 0.0173. The molecule has 3 fully saturated rings. The lowest BCUT2D eigenvalue weighted by Crippen LogP contribution is -2.63. The summed E-state index contributed by atoms with van der Waals surface area (Å²) in [4.78, 5) is 49.6. The number of carbonyl (C=O) groups excluding carboxylic acids is 3. The number of phenolic OH excluding ortho intramolecular Hbond substituents is 6. The minimum Gasteiger partial charge on any atom is -0.508 e. The van der Waals surface area contributed by atoms with Gasteiger partial charge < -0.3 is 128 Å². The summed E-state index contributed by atoms with van der Waals surface area (Å²) in [7, 11) is 2.54. The van der Waals surface area contributed by atoms with Crippen molar-refractivity contribution in [2.75, 3.05) is 34.0 Å². The summed E-state index contributed by atoms with van der Waals surface area (Å²) in [6, 6.07) is 11.8. The van der Waals surface area contributed by atoms with E-state index in [-0.39, 0.29) is 45.3 Å². The monoisotopic (exact) mass is 1200 g/mol. The minimum atomic E-state index is -2.19. The van der Waals surface area contributed by atoms with Crippen molar-refractivity contribution in [1.29, 1.82) is 0 Å². The van der Waals surface area contributed by atoms with Gasteiger partial charge in [0.2, 0.25) is 18.3 Å². The van der Waals surface area contributed by atoms with Crippen molar-refractivity contribution >= 4 is 42.1 Å². The maximum absolute atomic E-state index is 13.5. The lowest BCUT2D eigenvalue weighted by molar-refractivity contribution is -0.353. The van der Waals surface area contributed by atoms with Gasteiger partial charge in [-0.25, -0.2) is 9.59 Å². The highest BCUT2D eigenvalue weighted by atomic mass is 16.8. The van der Waals surface area contributed by atoms with Gasteiger partial charge in [0.25, 0.3) is 0 Å². The molecule has 4 heterocycles. The SMILES string of the molecule is COc1cc(/C=C/C(=O)O[C@H]2[C@H](O[C@H]3[C@H](OC4=Cc5c(cc(O)cc5O[C@@H]5O[C@H](COC(=O)CC(=O)O)[C@@H](O)[C@H](O)[C@H]5O)OC4c4ccc(O)c(O)c4)O[C@H](COC(=O)/C=C/c4ccc(O)c(O)c4)[C@@H](O)[C@@H]3O)OC[C@@H](O)[C@@H]2O)cc(OC)c1O. The van der Waals surface area contributed by atoms with E-state index in [1.807, 2.05) is 0 Å². The fourth-order valence-electron chi connectivity index (χ4n) is 8.93. The van der Waals surface area contributed by atoms with E-state index in [1.54, 1.807) is 0 Å². The van der Waals surface area contributed by atoms with E-state index in [2.05, 4.69) is 0 Å². The van der Waals surface area contributed by atoms with Gasteiger partial charge in [0.05, 0.1) is 26.4 Å². The number of esters is 3. The molecule has 0 aromatic heterocycles. The van der Waals surface area contributed by atoms with Crippen LogP contribution in [0.3, 0.4) is 0 Å². The van der Waals surface area contributed by atoms with Crippen LogP contribution in [-0.2, 0) is 57.1 Å². The third-order valence-electron chi connectivity index (χ3n) is 13.4. The number of ether oxygens (including phenoxy) is 12. The zero-order valence-electron chi connectivity index (χ0n) is 44.4. The van der Waals surface area contributed by atoms with Crippen LogP contribution in [0.25, 0.3) is 18.2 Å². The zero-order valence-corrected chi connectivity index (χ0v) is 44.4. The van der Waals surface area contributed by atoms with Gasteiger partial charge in [0, 0.05) is 29.8 Å². The van der Waals surface area contributed by atoms with Crippen LogP contribution in [0.5, 0.6) is 57.5 Å². The number of aliphatic hydroxyl groups excluding tert-OH is 7. The highest BCUT2D eigenvalue weighted by Gasteiger charge is 2.53. The molecule has 1 unspecified atom stereocenters. The van der Waals surface area contributed by atoms with Gasteiger partial charge in [-0.15, -0.1) is 0 Å². The van der Waals surface area contributed by atoms with Crippen LogP contribution in [0.1, 0.15) is 34.8 Å². The molecule has 8 rings (SSSR count). The predicted molar refractivity (Wildman–Crippen MR) is 278 cm³/mol. The molecule has 4 aliphatic heterocycles. The van der Waals surface area contributed by atoms with E-state index < -0.39 is 182 Å². The lowest BCUT2D eigenvalue weighted by Gasteiger charge is -2.45. The maximum atomic E-state index is 13.5. The van der Waals surface area contributed by atoms with Gasteiger partial charge in [-0.2, -0.15) is 0 Å². The Morgan fingerprint density at radius 3 is 1.88 bits per heavy atom. The number of benzene rings is 4. The van der Waals surface area contributed by atoms with Crippen LogP contribution in [0, 0.1) is 0 Å². The normalized spacial score (nSPS) is 28.3. The molecule has 4 aliphatic rings. The number of phenols is 6. The van der Waals surface area contributed by atoms with Crippen molar-refractivity contribution < 1.29 is 148 Å². The van der Waals surface area contributed by atoms with Crippen LogP contribution in [-0.4, -0.2) is 215 Å². The lowest BCUT2D eigenvalue weighted by atomic mass is 9.97. The summed E-state index contributed by atoms with van der Waals surface area (Å²) in [5, 5.41) is 149. The molecule has 30 heteroatoms. The summed E-state index contributed by atoms with van der Waals surface area (Å²) < 4.78 is 68.6. The number of hydrogen-bond acceptors (Lipinski definition) is 29. The Morgan fingerprint density at radius 1 is 0.600 bits per heavy atom. The number of rotatable bonds is 20. The number of methoxy groups -OCH3 is 2. The first-order valence-corrected chi connectivity index (χ1v) is 25.5. The first-order valence-electron chi connectivity index (χ1n) is 25.5. The first kappa shape index (κ1) is 62.4. The summed E-state index contributed by atoms with van der Waals surface area (Å²) in [6.07, 6.45) is -24.7. The first-order chi connectivity index (χ1) is 40.4. The molecular formula is C55H58O30. The molecule has 4 aromatic carbocycles. The van der Waals surface area contributed by atoms with Crippen molar-refractivity contribution in [3.8, 4) is 57.5 Å². The van der Waals surface area contributed by atoms with Gasteiger partial charge in [0.15, 0.2) is 59.1 Å². The summed E-state index contributed by atoms with van der Waals surface area (Å²) in [5.41, 5.74) is 0.311. The molecule has 0 saturated carbocycles. The van der Waals surface area contributed by atoms with Gasteiger partial charge in [-0.1, -0.05) is 12.1 Å². The molecule has 0 bridgehead atoms. The van der Waals surface area contributed by atoms with Crippen LogP contribution in [0.15, 0.2) is 78.6 Å². The summed E-state index contributed by atoms with van der Waals surface area (Å²) >= 11 is 0. The van der Waals surface area contributed by atoms with Crippen molar-refractivity contribution in [2.45, 2.75) is 98.5 Å². The van der Waals surface area contributed by atoms with Gasteiger partial charge >= 0.3 is 23.9 Å². The highest BCUT2D eigenvalue weighted by Crippen LogP contribution is 2.47. The Hall–Kier alpha value is -8.66. The molecule has 14 N–H and O–H groups in total. The fraction of sp³-hybridized carbons (Fsp3) is 0.382. The molecule has 15 atom stereocenters. The number of aliphatic hydroxyl groups is 7.